The first-order valence-electron chi connectivity index (χ1n) is 9.47. The van der Waals surface area contributed by atoms with Crippen molar-refractivity contribution in [3.8, 4) is 0 Å². The molecular weight excluding hydrogens is 368 g/mol. The van der Waals surface area contributed by atoms with Crippen molar-refractivity contribution >= 4 is 35.3 Å². The van der Waals surface area contributed by atoms with Crippen LogP contribution in [0.2, 0.25) is 0 Å². The average molecular weight is 397 g/mol. The van der Waals surface area contributed by atoms with E-state index in [1.165, 1.54) is 32.7 Å². The summed E-state index contributed by atoms with van der Waals surface area (Å²) in [5, 5.41) is 19.1. The Balaban J connectivity index is 2.27. The maximum atomic E-state index is 11.1. The lowest BCUT2D eigenvalue weighted by Gasteiger charge is -2.11. The molecule has 148 valence electrons. The van der Waals surface area contributed by atoms with Crippen LogP contribution in [0.1, 0.15) is 53.3 Å². The fourth-order valence-electron chi connectivity index (χ4n) is 2.99. The van der Waals surface area contributed by atoms with Crippen molar-refractivity contribution in [3.05, 3.63) is 62.9 Å². The molecule has 1 aromatic heterocycles. The molecule has 0 fully saturated rings. The van der Waals surface area contributed by atoms with Crippen molar-refractivity contribution in [2.75, 3.05) is 0 Å². The van der Waals surface area contributed by atoms with Gasteiger partial charge in [0.25, 0.3) is 0 Å². The molecule has 1 N–H and O–H groups in total. The smallest absolute Gasteiger partial charge is 0.303 e. The maximum Gasteiger partial charge on any atom is 0.303 e. The number of carboxylic acid groups (broad SMARTS) is 1. The van der Waals surface area contributed by atoms with Crippen molar-refractivity contribution in [2.45, 2.75) is 47.0 Å². The Bertz CT molecular complexity index is 877. The van der Waals surface area contributed by atoms with Gasteiger partial charge in [-0.1, -0.05) is 35.9 Å². The number of benzene rings is 1. The molecule has 1 heterocycles. The largest absolute Gasteiger partial charge is 0.481 e. The van der Waals surface area contributed by atoms with Crippen LogP contribution in [0.25, 0.3) is 5.57 Å². The van der Waals surface area contributed by atoms with E-state index in [0.29, 0.717) is 6.42 Å². The van der Waals surface area contributed by atoms with Crippen molar-refractivity contribution in [1.29, 1.82) is 0 Å². The second-order valence-electron chi connectivity index (χ2n) is 6.89. The predicted molar refractivity (Wildman–Crippen MR) is 120 cm³/mol. The summed E-state index contributed by atoms with van der Waals surface area (Å²) in [4.78, 5) is 12.5. The second kappa shape index (κ2) is 10.7. The highest BCUT2D eigenvalue weighted by molar-refractivity contribution is 7.10. The number of hydrogen-bond donors (Lipinski definition) is 1. The molecule has 0 aliphatic carbocycles. The van der Waals surface area contributed by atoms with Gasteiger partial charge in [-0.15, -0.1) is 11.3 Å². The molecule has 2 aromatic rings. The number of carbonyl (C=O) groups is 1. The van der Waals surface area contributed by atoms with Crippen LogP contribution in [0.5, 0.6) is 0 Å². The summed E-state index contributed by atoms with van der Waals surface area (Å²) in [5.74, 6) is -0.953. The zero-order valence-corrected chi connectivity index (χ0v) is 17.8. The number of nitrogens with zero attached hydrogens (tertiary/aromatic N) is 2. The Hall–Kier alpha value is -2.53. The number of aryl methyl sites for hydroxylation is 2. The van der Waals surface area contributed by atoms with Gasteiger partial charge in [0.2, 0.25) is 0 Å². The van der Waals surface area contributed by atoms with Crippen molar-refractivity contribution in [2.24, 2.45) is 16.1 Å². The van der Waals surface area contributed by atoms with Crippen LogP contribution in [-0.2, 0) is 4.79 Å². The lowest BCUT2D eigenvalue weighted by Crippen LogP contribution is -2.09. The van der Waals surface area contributed by atoms with Gasteiger partial charge in [-0.2, -0.15) is 10.2 Å². The monoisotopic (exact) mass is 396 g/mol. The average Bonchev–Trinajstić information content (AvgIpc) is 2.98. The quantitative estimate of drug-likeness (QED) is 0.414. The molecule has 0 bridgehead atoms. The Morgan fingerprint density at radius 2 is 1.89 bits per heavy atom. The molecule has 1 atom stereocenters. The predicted octanol–water partition coefficient (Wildman–Crippen LogP) is 6.05. The van der Waals surface area contributed by atoms with E-state index in [-0.39, 0.29) is 12.3 Å². The number of thiophene rings is 1. The number of allylic oxidation sites excluding steroid dienone is 1. The van der Waals surface area contributed by atoms with Gasteiger partial charge in [-0.05, 0) is 68.2 Å². The van der Waals surface area contributed by atoms with Crippen molar-refractivity contribution < 1.29 is 9.90 Å². The molecule has 0 amide bonds. The third-order valence-corrected chi connectivity index (χ3v) is 5.73. The van der Waals surface area contributed by atoms with Crippen LogP contribution in [0.4, 0.5) is 0 Å². The summed E-state index contributed by atoms with van der Waals surface area (Å²) in [6.07, 6.45) is 7.01. The fraction of sp³-hybridized carbons (Fsp3) is 0.348. The molecule has 5 heteroatoms. The van der Waals surface area contributed by atoms with Gasteiger partial charge in [0.1, 0.15) is 0 Å². The van der Waals surface area contributed by atoms with Crippen LogP contribution in [0.3, 0.4) is 0 Å². The van der Waals surface area contributed by atoms with Crippen molar-refractivity contribution in [3.63, 3.8) is 0 Å². The van der Waals surface area contributed by atoms with Gasteiger partial charge >= 0.3 is 5.97 Å². The lowest BCUT2D eigenvalue weighted by molar-refractivity contribution is -0.137. The highest BCUT2D eigenvalue weighted by Crippen LogP contribution is 2.32. The van der Waals surface area contributed by atoms with Crippen LogP contribution in [0.15, 0.2) is 45.9 Å². The molecule has 0 aliphatic rings. The van der Waals surface area contributed by atoms with Gasteiger partial charge in [-0.25, -0.2) is 0 Å². The van der Waals surface area contributed by atoms with E-state index in [2.05, 4.69) is 66.7 Å². The Kier molecular flexibility index (Phi) is 8.33. The molecule has 0 saturated heterocycles. The minimum absolute atomic E-state index is 0.0625. The van der Waals surface area contributed by atoms with E-state index in [4.69, 9.17) is 5.11 Å². The van der Waals surface area contributed by atoms with Gasteiger partial charge in [0, 0.05) is 23.2 Å². The molecule has 2 rings (SSSR count). The van der Waals surface area contributed by atoms with E-state index in [1.54, 1.807) is 30.7 Å². The molecule has 0 unspecified atom stereocenters. The first-order chi connectivity index (χ1) is 13.4. The molecule has 0 saturated carbocycles. The van der Waals surface area contributed by atoms with Gasteiger partial charge in [-0.3, -0.25) is 4.79 Å². The van der Waals surface area contributed by atoms with Gasteiger partial charge < -0.3 is 5.11 Å². The van der Waals surface area contributed by atoms with Crippen LogP contribution >= 0.6 is 11.3 Å². The minimum atomic E-state index is -0.816. The SMILES string of the molecule is C/C=N/N=C/[C@@H](CC/C=C(/c1ccc(C)cc1)c1csc(C)c1C)CC(=O)O. The first kappa shape index (κ1) is 21.8. The highest BCUT2D eigenvalue weighted by Gasteiger charge is 2.13. The molecule has 0 radical (unpaired) electrons. The number of aliphatic carboxylic acids is 1. The normalized spacial score (nSPS) is 13.5. The Labute approximate surface area is 171 Å². The van der Waals surface area contributed by atoms with Crippen LogP contribution in [-0.4, -0.2) is 23.5 Å². The standard InChI is InChI=1S/C23H28N2O2S/c1-5-24-25-14-19(13-23(26)27)7-6-8-21(20-11-9-16(2)10-12-20)22-15-28-18(4)17(22)3/h5,8-12,14-15,19H,6-7,13H2,1-4H3,(H,26,27)/b21-8-,24-5+,25-14+/t19-/m0/s1. The summed E-state index contributed by atoms with van der Waals surface area (Å²) in [6.45, 7) is 8.17. The zero-order chi connectivity index (χ0) is 20.5. The topological polar surface area (TPSA) is 62.0 Å². The van der Waals surface area contributed by atoms with Gasteiger partial charge in [0.05, 0.1) is 6.42 Å². The number of hydrogen-bond acceptors (Lipinski definition) is 4. The van der Waals surface area contributed by atoms with E-state index in [1.807, 2.05) is 0 Å². The summed E-state index contributed by atoms with van der Waals surface area (Å²) < 4.78 is 0. The summed E-state index contributed by atoms with van der Waals surface area (Å²) >= 11 is 1.76. The fourth-order valence-corrected chi connectivity index (χ4v) is 3.88. The van der Waals surface area contributed by atoms with Crippen LogP contribution in [0, 0.1) is 26.7 Å². The number of rotatable bonds is 9. The van der Waals surface area contributed by atoms with E-state index in [9.17, 15) is 4.79 Å². The Morgan fingerprint density at radius 3 is 2.46 bits per heavy atom. The van der Waals surface area contributed by atoms with E-state index < -0.39 is 5.97 Å². The van der Waals surface area contributed by atoms with Crippen molar-refractivity contribution in [1.82, 2.24) is 0 Å². The summed E-state index contributed by atoms with van der Waals surface area (Å²) in [5.41, 5.74) is 6.18. The molecule has 28 heavy (non-hydrogen) atoms. The molecule has 0 aliphatic heterocycles. The number of carboxylic acids is 1. The molecular formula is C23H28N2O2S. The van der Waals surface area contributed by atoms with E-state index >= 15 is 0 Å². The third-order valence-electron chi connectivity index (χ3n) is 4.72. The lowest BCUT2D eigenvalue weighted by atomic mass is 9.93. The summed E-state index contributed by atoms with van der Waals surface area (Å²) in [6, 6.07) is 8.56. The molecule has 0 spiro atoms. The Morgan fingerprint density at radius 1 is 1.18 bits per heavy atom. The zero-order valence-electron chi connectivity index (χ0n) is 17.0. The molecule has 1 aromatic carbocycles. The third kappa shape index (κ3) is 6.27. The highest BCUT2D eigenvalue weighted by atomic mass is 32.1. The first-order valence-corrected chi connectivity index (χ1v) is 10.4. The van der Waals surface area contributed by atoms with Gasteiger partial charge in [0.15, 0.2) is 0 Å². The second-order valence-corrected chi connectivity index (χ2v) is 7.97. The van der Waals surface area contributed by atoms with Crippen LogP contribution < -0.4 is 0 Å². The maximum absolute atomic E-state index is 11.1. The van der Waals surface area contributed by atoms with E-state index in [0.717, 1.165) is 6.42 Å². The molecule has 4 nitrogen and oxygen atoms in total. The minimum Gasteiger partial charge on any atom is -0.481 e. The summed E-state index contributed by atoms with van der Waals surface area (Å²) in [7, 11) is 0.